The van der Waals surface area contributed by atoms with Gasteiger partial charge in [-0.3, -0.25) is 14.6 Å². The Morgan fingerprint density at radius 1 is 1.21 bits per heavy atom. The summed E-state index contributed by atoms with van der Waals surface area (Å²) in [7, 11) is 0. The second kappa shape index (κ2) is 8.41. The zero-order chi connectivity index (χ0) is 19.5. The molecule has 2 aliphatic heterocycles. The summed E-state index contributed by atoms with van der Waals surface area (Å²) in [5, 5.41) is 0. The topological polar surface area (TPSA) is 62.7 Å². The van der Waals surface area contributed by atoms with Crippen LogP contribution >= 0.6 is 15.9 Å². The molecule has 2 aliphatic rings. The van der Waals surface area contributed by atoms with Crippen LogP contribution in [0, 0.1) is 5.92 Å². The van der Waals surface area contributed by atoms with Crippen molar-refractivity contribution < 1.29 is 14.3 Å². The van der Waals surface area contributed by atoms with Crippen molar-refractivity contribution in [3.05, 3.63) is 58.8 Å². The zero-order valence-electron chi connectivity index (χ0n) is 15.5. The quantitative estimate of drug-likeness (QED) is 0.666. The molecule has 0 bridgehead atoms. The summed E-state index contributed by atoms with van der Waals surface area (Å²) < 4.78 is 6.85. The molecule has 4 rings (SSSR count). The maximum Gasteiger partial charge on any atom is 0.239 e. The molecule has 6 nitrogen and oxygen atoms in total. The summed E-state index contributed by atoms with van der Waals surface area (Å²) in [6.07, 6.45) is 4.87. The van der Waals surface area contributed by atoms with Gasteiger partial charge in [0.05, 0.1) is 12.7 Å². The van der Waals surface area contributed by atoms with Crippen LogP contribution in [0.25, 0.3) is 0 Å². The minimum absolute atomic E-state index is 0.00171. The maximum absolute atomic E-state index is 12.9. The molecular weight excluding hydrogens is 422 g/mol. The molecule has 0 N–H and O–H groups in total. The Morgan fingerprint density at radius 2 is 2.11 bits per heavy atom. The number of amides is 2. The number of carbonyl (C=O) groups excluding carboxylic acids is 2. The van der Waals surface area contributed by atoms with Crippen molar-refractivity contribution in [2.75, 3.05) is 24.5 Å². The number of nitrogens with zero attached hydrogens (tertiary/aromatic N) is 3. The number of hydrogen-bond donors (Lipinski definition) is 0. The molecule has 0 unspecified atom stereocenters. The summed E-state index contributed by atoms with van der Waals surface area (Å²) in [6, 6.07) is 11.5. The standard InChI is InChI=1S/C21H22BrN3O3/c22-16-4-1-5-17(11-16)25-10-7-19(21(25)27)20(26)24-9-6-18(13-24)28-14-15-3-2-8-23-12-15/h1-5,8,11-12,18-19H,6-7,9-10,13-14H2/t18-,19+/m1/s1. The van der Waals surface area contributed by atoms with Crippen molar-refractivity contribution in [2.45, 2.75) is 25.6 Å². The number of anilines is 1. The van der Waals surface area contributed by atoms with E-state index in [-0.39, 0.29) is 17.9 Å². The van der Waals surface area contributed by atoms with Crippen LogP contribution in [0.15, 0.2) is 53.3 Å². The molecule has 1 aromatic carbocycles. The van der Waals surface area contributed by atoms with E-state index in [0.29, 0.717) is 32.7 Å². The largest absolute Gasteiger partial charge is 0.372 e. The fraction of sp³-hybridized carbons (Fsp3) is 0.381. The highest BCUT2D eigenvalue weighted by molar-refractivity contribution is 9.10. The van der Waals surface area contributed by atoms with Crippen molar-refractivity contribution in [1.82, 2.24) is 9.88 Å². The van der Waals surface area contributed by atoms with Gasteiger partial charge in [-0.05, 0) is 42.7 Å². The third-order valence-corrected chi connectivity index (χ3v) is 5.78. The molecule has 2 aromatic rings. The summed E-state index contributed by atoms with van der Waals surface area (Å²) in [6.45, 7) is 2.23. The predicted octanol–water partition coefficient (Wildman–Crippen LogP) is 3.01. The Bertz CT molecular complexity index is 861. The van der Waals surface area contributed by atoms with E-state index in [0.717, 1.165) is 22.1 Å². The molecule has 2 atom stereocenters. The van der Waals surface area contributed by atoms with Crippen LogP contribution in [-0.4, -0.2) is 47.4 Å². The molecule has 0 spiro atoms. The number of halogens is 1. The van der Waals surface area contributed by atoms with Gasteiger partial charge in [0.2, 0.25) is 11.8 Å². The number of ether oxygens (including phenoxy) is 1. The van der Waals surface area contributed by atoms with Crippen LogP contribution in [-0.2, 0) is 20.9 Å². The first-order valence-corrected chi connectivity index (χ1v) is 10.3. The first kappa shape index (κ1) is 19.1. The van der Waals surface area contributed by atoms with E-state index in [1.165, 1.54) is 0 Å². The van der Waals surface area contributed by atoms with Crippen LogP contribution in [0.4, 0.5) is 5.69 Å². The van der Waals surface area contributed by atoms with E-state index in [4.69, 9.17) is 4.74 Å². The molecule has 3 heterocycles. The third-order valence-electron chi connectivity index (χ3n) is 5.29. The SMILES string of the molecule is O=C([C@@H]1CCN(c2cccc(Br)c2)C1=O)N1CC[C@@H](OCc2cccnc2)C1. The highest BCUT2D eigenvalue weighted by Crippen LogP contribution is 2.29. The van der Waals surface area contributed by atoms with Crippen molar-refractivity contribution in [3.63, 3.8) is 0 Å². The number of aromatic nitrogens is 1. The second-order valence-corrected chi connectivity index (χ2v) is 8.09. The van der Waals surface area contributed by atoms with Gasteiger partial charge in [-0.1, -0.05) is 28.1 Å². The van der Waals surface area contributed by atoms with Gasteiger partial charge in [0.25, 0.3) is 0 Å². The van der Waals surface area contributed by atoms with Gasteiger partial charge in [-0.2, -0.15) is 0 Å². The molecular formula is C21H22BrN3O3. The molecule has 2 amide bonds. The molecule has 0 radical (unpaired) electrons. The van der Waals surface area contributed by atoms with Gasteiger partial charge in [-0.15, -0.1) is 0 Å². The van der Waals surface area contributed by atoms with Crippen LogP contribution in [0.5, 0.6) is 0 Å². The van der Waals surface area contributed by atoms with Crippen LogP contribution in [0.2, 0.25) is 0 Å². The first-order valence-electron chi connectivity index (χ1n) is 9.48. The first-order chi connectivity index (χ1) is 13.6. The van der Waals surface area contributed by atoms with E-state index in [1.54, 1.807) is 22.2 Å². The average Bonchev–Trinajstić information content (AvgIpc) is 3.33. The van der Waals surface area contributed by atoms with Gasteiger partial charge in [0, 0.05) is 42.2 Å². The molecule has 1 aromatic heterocycles. The van der Waals surface area contributed by atoms with Crippen molar-refractivity contribution >= 4 is 33.4 Å². The molecule has 28 heavy (non-hydrogen) atoms. The van der Waals surface area contributed by atoms with Crippen LogP contribution in [0.3, 0.4) is 0 Å². The van der Waals surface area contributed by atoms with Gasteiger partial charge in [0.15, 0.2) is 0 Å². The molecule has 0 aliphatic carbocycles. The van der Waals surface area contributed by atoms with Gasteiger partial charge >= 0.3 is 0 Å². The Kier molecular flexibility index (Phi) is 5.73. The zero-order valence-corrected chi connectivity index (χ0v) is 17.0. The van der Waals surface area contributed by atoms with E-state index in [9.17, 15) is 9.59 Å². The van der Waals surface area contributed by atoms with Crippen molar-refractivity contribution in [1.29, 1.82) is 0 Å². The number of benzene rings is 1. The summed E-state index contributed by atoms with van der Waals surface area (Å²) in [4.78, 5) is 33.3. The van der Waals surface area contributed by atoms with E-state index < -0.39 is 5.92 Å². The highest BCUT2D eigenvalue weighted by Gasteiger charge is 2.41. The monoisotopic (exact) mass is 443 g/mol. The Morgan fingerprint density at radius 3 is 2.89 bits per heavy atom. The van der Waals surface area contributed by atoms with Crippen molar-refractivity contribution in [2.24, 2.45) is 5.92 Å². The fourth-order valence-corrected chi connectivity index (χ4v) is 4.18. The van der Waals surface area contributed by atoms with Gasteiger partial charge in [0.1, 0.15) is 5.92 Å². The van der Waals surface area contributed by atoms with E-state index in [1.807, 2.05) is 36.4 Å². The molecule has 7 heteroatoms. The van der Waals surface area contributed by atoms with E-state index in [2.05, 4.69) is 20.9 Å². The van der Waals surface area contributed by atoms with Crippen LogP contribution in [0.1, 0.15) is 18.4 Å². The Hall–Kier alpha value is -2.25. The predicted molar refractivity (Wildman–Crippen MR) is 109 cm³/mol. The summed E-state index contributed by atoms with van der Waals surface area (Å²) >= 11 is 3.43. The smallest absolute Gasteiger partial charge is 0.239 e. The number of likely N-dealkylation sites (tertiary alicyclic amines) is 1. The highest BCUT2D eigenvalue weighted by atomic mass is 79.9. The van der Waals surface area contributed by atoms with Crippen molar-refractivity contribution in [3.8, 4) is 0 Å². The number of pyridine rings is 1. The molecule has 2 saturated heterocycles. The lowest BCUT2D eigenvalue weighted by atomic mass is 10.1. The number of hydrogen-bond acceptors (Lipinski definition) is 4. The normalized spacial score (nSPS) is 22.1. The summed E-state index contributed by atoms with van der Waals surface area (Å²) in [5.41, 5.74) is 1.84. The maximum atomic E-state index is 12.9. The van der Waals surface area contributed by atoms with Crippen LogP contribution < -0.4 is 4.90 Å². The number of carbonyl (C=O) groups is 2. The number of rotatable bonds is 5. The Balaban J connectivity index is 1.33. The third kappa shape index (κ3) is 4.10. The molecule has 2 fully saturated rings. The summed E-state index contributed by atoms with van der Waals surface area (Å²) in [5.74, 6) is -0.770. The fourth-order valence-electron chi connectivity index (χ4n) is 3.79. The lowest BCUT2D eigenvalue weighted by molar-refractivity contribution is -0.139. The minimum Gasteiger partial charge on any atom is -0.372 e. The second-order valence-electron chi connectivity index (χ2n) is 7.18. The lowest BCUT2D eigenvalue weighted by Crippen LogP contribution is -2.39. The molecule has 0 saturated carbocycles. The average molecular weight is 444 g/mol. The lowest BCUT2D eigenvalue weighted by Gasteiger charge is -2.21. The van der Waals surface area contributed by atoms with Gasteiger partial charge in [-0.25, -0.2) is 0 Å². The Labute approximate surface area is 172 Å². The molecule has 146 valence electrons. The van der Waals surface area contributed by atoms with E-state index >= 15 is 0 Å². The minimum atomic E-state index is -0.587. The van der Waals surface area contributed by atoms with Gasteiger partial charge < -0.3 is 14.5 Å².